The van der Waals surface area contributed by atoms with Gasteiger partial charge in [-0.25, -0.2) is 8.78 Å². The number of halogens is 3. The van der Waals surface area contributed by atoms with Crippen molar-refractivity contribution in [3.05, 3.63) is 71.3 Å². The quantitative estimate of drug-likeness (QED) is 0.585. The van der Waals surface area contributed by atoms with Crippen molar-refractivity contribution in [3.63, 3.8) is 0 Å². The van der Waals surface area contributed by atoms with Gasteiger partial charge in [-0.15, -0.1) is 12.4 Å². The molecule has 7 heteroatoms. The number of unbranched alkanes of at least 4 members (excludes halogenated alkanes) is 1. The van der Waals surface area contributed by atoms with Crippen LogP contribution in [-0.2, 0) is 10.4 Å². The molecule has 1 amide bonds. The summed E-state index contributed by atoms with van der Waals surface area (Å²) in [5.74, 6) is -2.20. The maximum Gasteiger partial charge on any atom is 0.227 e. The molecule has 1 unspecified atom stereocenters. The van der Waals surface area contributed by atoms with Gasteiger partial charge < -0.3 is 14.9 Å². The highest BCUT2D eigenvalue weighted by Gasteiger charge is 2.49. The number of rotatable bonds is 6. The van der Waals surface area contributed by atoms with Crippen molar-refractivity contribution in [2.24, 2.45) is 17.8 Å². The Hall–Kier alpha value is -2.02. The number of nitrogens with zero attached hydrogens (tertiary/aromatic N) is 2. The average molecular weight is 507 g/mol. The molecule has 4 rings (SSSR count). The largest absolute Gasteiger partial charge is 0.384 e. The van der Waals surface area contributed by atoms with Crippen molar-refractivity contribution in [1.29, 1.82) is 0 Å². The molecule has 4 nitrogen and oxygen atoms in total. The van der Waals surface area contributed by atoms with Gasteiger partial charge in [0.05, 0.1) is 11.5 Å². The molecule has 0 spiro atoms. The maximum atomic E-state index is 14.8. The lowest BCUT2D eigenvalue weighted by atomic mass is 9.70. The van der Waals surface area contributed by atoms with Crippen molar-refractivity contribution in [2.45, 2.75) is 45.1 Å². The molecule has 2 heterocycles. The number of benzene rings is 2. The normalized spacial score (nSPS) is 29.1. The van der Waals surface area contributed by atoms with Crippen LogP contribution in [0, 0.1) is 29.4 Å². The van der Waals surface area contributed by atoms with Crippen molar-refractivity contribution < 1.29 is 18.7 Å². The lowest BCUT2D eigenvalue weighted by molar-refractivity contribution is -0.152. The van der Waals surface area contributed by atoms with Crippen molar-refractivity contribution in [1.82, 2.24) is 9.80 Å². The fraction of sp³-hybridized carbons (Fsp3) is 0.536. The van der Waals surface area contributed by atoms with E-state index in [2.05, 4.69) is 11.8 Å². The van der Waals surface area contributed by atoms with E-state index < -0.39 is 17.2 Å². The number of carbonyl (C=O) groups excluding carboxylic acids is 1. The van der Waals surface area contributed by atoms with Crippen LogP contribution in [-0.4, -0.2) is 53.5 Å². The predicted octanol–water partition coefficient (Wildman–Crippen LogP) is 5.20. The molecule has 2 aromatic carbocycles. The molecular weight excluding hydrogens is 470 g/mol. The third kappa shape index (κ3) is 5.40. The Bertz CT molecular complexity index is 994. The van der Waals surface area contributed by atoms with Crippen LogP contribution in [0.15, 0.2) is 48.5 Å². The number of aliphatic hydroxyl groups is 1. The van der Waals surface area contributed by atoms with Gasteiger partial charge in [0.2, 0.25) is 5.91 Å². The number of hydrogen-bond acceptors (Lipinski definition) is 3. The topological polar surface area (TPSA) is 43.8 Å². The van der Waals surface area contributed by atoms with Gasteiger partial charge in [0.25, 0.3) is 0 Å². The standard InChI is InChI=1S/C28H36F2N2O2.ClH/c1-4-5-13-31-17-24(23-12-11-22(29)14-26(23)30)25(18-31)27(33)32-15-19(2)28(34,20(3)16-32)21-9-7-6-8-10-21;/h6-12,14,19-20,24-25,34H,4-5,13,15-18H2,1-3H3;1H/t19-,20+,24-,25+,28?;/m0./s1. The summed E-state index contributed by atoms with van der Waals surface area (Å²) in [5.41, 5.74) is 0.279. The van der Waals surface area contributed by atoms with Crippen molar-refractivity contribution >= 4 is 18.3 Å². The molecule has 5 atom stereocenters. The zero-order valence-corrected chi connectivity index (χ0v) is 21.6. The zero-order chi connectivity index (χ0) is 24.5. The van der Waals surface area contributed by atoms with Crippen LogP contribution in [0.5, 0.6) is 0 Å². The second-order valence-corrected chi connectivity index (χ2v) is 10.2. The Labute approximate surface area is 213 Å². The van der Waals surface area contributed by atoms with Crippen LogP contribution in [0.1, 0.15) is 50.7 Å². The summed E-state index contributed by atoms with van der Waals surface area (Å²) in [6.45, 7) is 9.01. The monoisotopic (exact) mass is 506 g/mol. The van der Waals surface area contributed by atoms with E-state index in [1.807, 2.05) is 49.1 Å². The van der Waals surface area contributed by atoms with Gasteiger partial charge in [0.1, 0.15) is 11.6 Å². The van der Waals surface area contributed by atoms with E-state index in [4.69, 9.17) is 0 Å². The van der Waals surface area contributed by atoms with Crippen LogP contribution in [0.25, 0.3) is 0 Å². The summed E-state index contributed by atoms with van der Waals surface area (Å²) in [4.78, 5) is 17.9. The molecule has 0 saturated carbocycles. The zero-order valence-electron chi connectivity index (χ0n) is 20.8. The molecule has 2 saturated heterocycles. The molecule has 1 N–H and O–H groups in total. The Balaban J connectivity index is 0.00000342. The SMILES string of the molecule is CCCCN1C[C@@H](C(=O)N2C[C@@H](C)C(O)(c3ccccc3)[C@@H](C)C2)[C@H](c2ccc(F)cc2F)C1.Cl. The first-order valence-corrected chi connectivity index (χ1v) is 12.5. The fourth-order valence-corrected chi connectivity index (χ4v) is 6.01. The average Bonchev–Trinajstić information content (AvgIpc) is 3.24. The second-order valence-electron chi connectivity index (χ2n) is 10.2. The van der Waals surface area contributed by atoms with Crippen molar-refractivity contribution in [2.75, 3.05) is 32.7 Å². The highest BCUT2D eigenvalue weighted by Crippen LogP contribution is 2.43. The smallest absolute Gasteiger partial charge is 0.227 e. The first-order valence-electron chi connectivity index (χ1n) is 12.5. The number of carbonyl (C=O) groups is 1. The number of hydrogen-bond donors (Lipinski definition) is 1. The van der Waals surface area contributed by atoms with E-state index in [0.29, 0.717) is 31.7 Å². The third-order valence-corrected chi connectivity index (χ3v) is 7.94. The lowest BCUT2D eigenvalue weighted by Crippen LogP contribution is -2.57. The van der Waals surface area contributed by atoms with Gasteiger partial charge in [-0.1, -0.05) is 63.6 Å². The third-order valence-electron chi connectivity index (χ3n) is 7.94. The molecular formula is C28H37ClF2N2O2. The van der Waals surface area contributed by atoms with Crippen LogP contribution in [0.3, 0.4) is 0 Å². The molecule has 192 valence electrons. The van der Waals surface area contributed by atoms with Crippen molar-refractivity contribution in [3.8, 4) is 0 Å². The molecule has 0 bridgehead atoms. The summed E-state index contributed by atoms with van der Waals surface area (Å²) in [5, 5.41) is 11.6. The van der Waals surface area contributed by atoms with Crippen LogP contribution in [0.2, 0.25) is 0 Å². The Morgan fingerprint density at radius 1 is 1.03 bits per heavy atom. The molecule has 2 aliphatic heterocycles. The van der Waals surface area contributed by atoms with Crippen LogP contribution < -0.4 is 0 Å². The summed E-state index contributed by atoms with van der Waals surface area (Å²) in [7, 11) is 0. The summed E-state index contributed by atoms with van der Waals surface area (Å²) < 4.78 is 28.3. The Kier molecular flexibility index (Phi) is 8.95. The van der Waals surface area contributed by atoms with Gasteiger partial charge in [-0.3, -0.25) is 4.79 Å². The molecule has 2 aromatic rings. The van der Waals surface area contributed by atoms with E-state index in [9.17, 15) is 18.7 Å². The molecule has 0 aromatic heterocycles. The number of likely N-dealkylation sites (tertiary alicyclic amines) is 2. The number of amides is 1. The minimum absolute atomic E-state index is 0. The van der Waals surface area contributed by atoms with Crippen LogP contribution in [0.4, 0.5) is 8.78 Å². The van der Waals surface area contributed by atoms with Gasteiger partial charge >= 0.3 is 0 Å². The van der Waals surface area contributed by atoms with E-state index >= 15 is 0 Å². The predicted molar refractivity (Wildman–Crippen MR) is 136 cm³/mol. The maximum absolute atomic E-state index is 14.8. The number of piperidine rings is 1. The first kappa shape index (κ1) is 27.6. The summed E-state index contributed by atoms with van der Waals surface area (Å²) in [6, 6.07) is 13.4. The molecule has 35 heavy (non-hydrogen) atoms. The Morgan fingerprint density at radius 2 is 1.69 bits per heavy atom. The highest BCUT2D eigenvalue weighted by atomic mass is 35.5. The van der Waals surface area contributed by atoms with Crippen LogP contribution >= 0.6 is 12.4 Å². The summed E-state index contributed by atoms with van der Waals surface area (Å²) in [6.07, 6.45) is 2.06. The molecule has 2 aliphatic rings. The molecule has 2 fully saturated rings. The second kappa shape index (κ2) is 11.4. The van der Waals surface area contributed by atoms with Gasteiger partial charge in [0.15, 0.2) is 0 Å². The summed E-state index contributed by atoms with van der Waals surface area (Å²) >= 11 is 0. The Morgan fingerprint density at radius 3 is 2.29 bits per heavy atom. The first-order chi connectivity index (χ1) is 16.3. The molecule has 0 aliphatic carbocycles. The minimum atomic E-state index is -1.01. The van der Waals surface area contributed by atoms with Gasteiger partial charge in [-0.05, 0) is 30.2 Å². The molecule has 0 radical (unpaired) electrons. The van der Waals surface area contributed by atoms with E-state index in [1.54, 1.807) is 0 Å². The van der Waals surface area contributed by atoms with Gasteiger partial charge in [0, 0.05) is 50.0 Å². The highest BCUT2D eigenvalue weighted by molar-refractivity contribution is 5.85. The minimum Gasteiger partial charge on any atom is -0.384 e. The van der Waals surface area contributed by atoms with E-state index in [-0.39, 0.29) is 42.0 Å². The van der Waals surface area contributed by atoms with E-state index in [0.717, 1.165) is 31.0 Å². The lowest BCUT2D eigenvalue weighted by Gasteiger charge is -2.48. The van der Waals surface area contributed by atoms with E-state index in [1.165, 1.54) is 12.1 Å². The van der Waals surface area contributed by atoms with Gasteiger partial charge in [-0.2, -0.15) is 0 Å². The fourth-order valence-electron chi connectivity index (χ4n) is 6.01.